The fourth-order valence-corrected chi connectivity index (χ4v) is 3.27. The Bertz CT molecular complexity index is 987. The van der Waals surface area contributed by atoms with Gasteiger partial charge >= 0.3 is 0 Å². The van der Waals surface area contributed by atoms with Gasteiger partial charge in [0.25, 0.3) is 5.56 Å². The number of fused-ring (bicyclic) bond motifs is 1. The Balaban J connectivity index is 2.16. The van der Waals surface area contributed by atoms with E-state index in [2.05, 4.69) is 10.3 Å². The van der Waals surface area contributed by atoms with Gasteiger partial charge in [0.1, 0.15) is 5.82 Å². The number of aromatic nitrogens is 2. The van der Waals surface area contributed by atoms with E-state index >= 15 is 0 Å². The number of para-hydroxylation sites is 2. The van der Waals surface area contributed by atoms with Crippen molar-refractivity contribution in [3.05, 3.63) is 64.7 Å². The van der Waals surface area contributed by atoms with Gasteiger partial charge in [0, 0.05) is 6.54 Å². The van der Waals surface area contributed by atoms with Crippen molar-refractivity contribution in [1.82, 2.24) is 14.9 Å². The molecule has 1 heterocycles. The standard InChI is InChI=1S/C18H16FN3O2S/c1-2-20-16(23)11-25-18-21-14-9-5-3-7-12(14)17(24)22(18)15-10-6-4-8-13(15)19/h3-10H,2,11H2,1H3,(H,20,23). The third-order valence-electron chi connectivity index (χ3n) is 3.54. The first-order chi connectivity index (χ1) is 12.1. The summed E-state index contributed by atoms with van der Waals surface area (Å²) in [5.74, 6) is -0.607. The third-order valence-corrected chi connectivity index (χ3v) is 4.48. The highest BCUT2D eigenvalue weighted by molar-refractivity contribution is 7.99. The highest BCUT2D eigenvalue weighted by Gasteiger charge is 2.16. The Kier molecular flexibility index (Phi) is 5.14. The molecule has 0 bridgehead atoms. The number of thioether (sulfide) groups is 1. The van der Waals surface area contributed by atoms with Crippen molar-refractivity contribution < 1.29 is 9.18 Å². The molecular formula is C18H16FN3O2S. The van der Waals surface area contributed by atoms with Gasteiger partial charge in [-0.25, -0.2) is 9.37 Å². The van der Waals surface area contributed by atoms with Gasteiger partial charge in [0.15, 0.2) is 5.16 Å². The molecule has 0 radical (unpaired) electrons. The third kappa shape index (κ3) is 3.56. The smallest absolute Gasteiger partial charge is 0.266 e. The number of hydrogen-bond donors (Lipinski definition) is 1. The first-order valence-electron chi connectivity index (χ1n) is 7.78. The lowest BCUT2D eigenvalue weighted by Crippen LogP contribution is -2.26. The summed E-state index contributed by atoms with van der Waals surface area (Å²) in [6.07, 6.45) is 0. The molecule has 25 heavy (non-hydrogen) atoms. The predicted molar refractivity (Wildman–Crippen MR) is 96.7 cm³/mol. The maximum Gasteiger partial charge on any atom is 0.266 e. The van der Waals surface area contributed by atoms with E-state index in [1.54, 1.807) is 36.4 Å². The molecule has 0 aliphatic carbocycles. The minimum atomic E-state index is -0.526. The monoisotopic (exact) mass is 357 g/mol. The van der Waals surface area contributed by atoms with E-state index in [-0.39, 0.29) is 28.1 Å². The molecule has 5 nitrogen and oxygen atoms in total. The molecule has 0 unspecified atom stereocenters. The maximum atomic E-state index is 14.3. The van der Waals surface area contributed by atoms with E-state index in [1.165, 1.54) is 16.7 Å². The van der Waals surface area contributed by atoms with E-state index in [0.717, 1.165) is 11.8 Å². The van der Waals surface area contributed by atoms with E-state index in [1.807, 2.05) is 6.92 Å². The van der Waals surface area contributed by atoms with Crippen LogP contribution < -0.4 is 10.9 Å². The van der Waals surface area contributed by atoms with Crippen LogP contribution in [0, 0.1) is 5.82 Å². The Morgan fingerprint density at radius 2 is 1.92 bits per heavy atom. The second-order valence-corrected chi connectivity index (χ2v) is 6.19. The number of hydrogen-bond acceptors (Lipinski definition) is 4. The van der Waals surface area contributed by atoms with Gasteiger partial charge in [-0.05, 0) is 31.2 Å². The SMILES string of the molecule is CCNC(=O)CSc1nc2ccccc2c(=O)n1-c1ccccc1F. The maximum absolute atomic E-state index is 14.3. The Hall–Kier alpha value is -2.67. The van der Waals surface area contributed by atoms with Gasteiger partial charge in [-0.3, -0.25) is 14.2 Å². The number of nitrogens with zero attached hydrogens (tertiary/aromatic N) is 2. The van der Waals surface area contributed by atoms with Gasteiger partial charge in [0.2, 0.25) is 5.91 Å². The predicted octanol–water partition coefficient (Wildman–Crippen LogP) is 2.75. The van der Waals surface area contributed by atoms with Crippen LogP contribution in [-0.2, 0) is 4.79 Å². The minimum absolute atomic E-state index is 0.0904. The number of carbonyl (C=O) groups is 1. The second-order valence-electron chi connectivity index (χ2n) is 5.25. The molecule has 1 aromatic heterocycles. The summed E-state index contributed by atoms with van der Waals surface area (Å²) in [5.41, 5.74) is 0.261. The Morgan fingerprint density at radius 1 is 1.20 bits per heavy atom. The topological polar surface area (TPSA) is 64.0 Å². The molecule has 0 saturated heterocycles. The fraction of sp³-hybridized carbons (Fsp3) is 0.167. The molecule has 0 fully saturated rings. The van der Waals surface area contributed by atoms with E-state index < -0.39 is 5.82 Å². The first kappa shape index (κ1) is 17.2. The highest BCUT2D eigenvalue weighted by atomic mass is 32.2. The summed E-state index contributed by atoms with van der Waals surface area (Å²) >= 11 is 1.10. The molecule has 3 rings (SSSR count). The van der Waals surface area contributed by atoms with E-state index in [0.29, 0.717) is 17.4 Å². The number of benzene rings is 2. The van der Waals surface area contributed by atoms with Crippen molar-refractivity contribution in [3.63, 3.8) is 0 Å². The zero-order valence-electron chi connectivity index (χ0n) is 13.5. The summed E-state index contributed by atoms with van der Waals surface area (Å²) in [6.45, 7) is 2.34. The molecule has 2 aromatic carbocycles. The fourth-order valence-electron chi connectivity index (χ4n) is 2.43. The first-order valence-corrected chi connectivity index (χ1v) is 8.76. The lowest BCUT2D eigenvalue weighted by Gasteiger charge is -2.13. The normalized spacial score (nSPS) is 10.8. The van der Waals surface area contributed by atoms with E-state index in [4.69, 9.17) is 0 Å². The molecule has 1 N–H and O–H groups in total. The van der Waals surface area contributed by atoms with Crippen LogP contribution in [0.2, 0.25) is 0 Å². The van der Waals surface area contributed by atoms with Gasteiger partial charge in [0.05, 0.1) is 22.3 Å². The number of nitrogens with one attached hydrogen (secondary N) is 1. The zero-order valence-corrected chi connectivity index (χ0v) is 14.3. The largest absolute Gasteiger partial charge is 0.356 e. The summed E-state index contributed by atoms with van der Waals surface area (Å²) in [4.78, 5) is 29.1. The van der Waals surface area contributed by atoms with Crippen LogP contribution in [0.4, 0.5) is 4.39 Å². The summed E-state index contributed by atoms with van der Waals surface area (Å²) < 4.78 is 15.5. The number of rotatable bonds is 5. The van der Waals surface area contributed by atoms with Gasteiger partial charge in [-0.15, -0.1) is 0 Å². The van der Waals surface area contributed by atoms with Crippen molar-refractivity contribution in [2.45, 2.75) is 12.1 Å². The van der Waals surface area contributed by atoms with Crippen LogP contribution in [0.15, 0.2) is 58.5 Å². The number of halogens is 1. The zero-order chi connectivity index (χ0) is 17.8. The Morgan fingerprint density at radius 3 is 2.68 bits per heavy atom. The quantitative estimate of drug-likeness (QED) is 0.563. The average molecular weight is 357 g/mol. The van der Waals surface area contributed by atoms with Gasteiger partial charge < -0.3 is 5.32 Å². The van der Waals surface area contributed by atoms with Crippen molar-refractivity contribution in [1.29, 1.82) is 0 Å². The number of carbonyl (C=O) groups excluding carboxylic acids is 1. The Labute approximate surface area is 147 Å². The van der Waals surface area contributed by atoms with Crippen molar-refractivity contribution in [2.75, 3.05) is 12.3 Å². The molecule has 1 amide bonds. The molecule has 0 aliphatic heterocycles. The highest BCUT2D eigenvalue weighted by Crippen LogP contribution is 2.22. The van der Waals surface area contributed by atoms with Crippen LogP contribution >= 0.6 is 11.8 Å². The van der Waals surface area contributed by atoms with Crippen LogP contribution in [0.25, 0.3) is 16.6 Å². The molecule has 0 atom stereocenters. The van der Waals surface area contributed by atoms with E-state index in [9.17, 15) is 14.0 Å². The summed E-state index contributed by atoms with van der Waals surface area (Å²) in [7, 11) is 0. The summed E-state index contributed by atoms with van der Waals surface area (Å²) in [6, 6.07) is 12.9. The van der Waals surface area contributed by atoms with Gasteiger partial charge in [-0.2, -0.15) is 0 Å². The molecular weight excluding hydrogens is 341 g/mol. The minimum Gasteiger partial charge on any atom is -0.356 e. The molecule has 0 aliphatic rings. The van der Waals surface area contributed by atoms with Crippen LogP contribution in [-0.4, -0.2) is 27.8 Å². The molecule has 0 spiro atoms. The van der Waals surface area contributed by atoms with Crippen LogP contribution in [0.3, 0.4) is 0 Å². The molecule has 128 valence electrons. The second kappa shape index (κ2) is 7.48. The van der Waals surface area contributed by atoms with Crippen molar-refractivity contribution in [2.24, 2.45) is 0 Å². The molecule has 0 saturated carbocycles. The molecule has 7 heteroatoms. The lowest BCUT2D eigenvalue weighted by atomic mass is 10.2. The lowest BCUT2D eigenvalue weighted by molar-refractivity contribution is -0.118. The molecule has 3 aromatic rings. The average Bonchev–Trinajstić information content (AvgIpc) is 2.61. The van der Waals surface area contributed by atoms with Crippen LogP contribution in [0.5, 0.6) is 0 Å². The van der Waals surface area contributed by atoms with Crippen molar-refractivity contribution in [3.8, 4) is 5.69 Å². The van der Waals surface area contributed by atoms with Crippen molar-refractivity contribution >= 4 is 28.6 Å². The summed E-state index contributed by atoms with van der Waals surface area (Å²) in [5, 5.41) is 3.36. The van der Waals surface area contributed by atoms with Gasteiger partial charge in [-0.1, -0.05) is 36.0 Å². The number of amides is 1. The van der Waals surface area contributed by atoms with Crippen LogP contribution in [0.1, 0.15) is 6.92 Å².